The summed E-state index contributed by atoms with van der Waals surface area (Å²) in [5.41, 5.74) is 7.17. The molecule has 0 aromatic carbocycles. The number of nitrogens with two attached hydrogens (primary N) is 1. The van der Waals surface area contributed by atoms with Crippen LogP contribution in [0.3, 0.4) is 0 Å². The van der Waals surface area contributed by atoms with Crippen LogP contribution in [0.25, 0.3) is 0 Å². The van der Waals surface area contributed by atoms with E-state index in [1.54, 1.807) is 6.20 Å². The van der Waals surface area contributed by atoms with Crippen molar-refractivity contribution in [1.82, 2.24) is 4.98 Å². The molecule has 0 saturated carbocycles. The second-order valence-corrected chi connectivity index (χ2v) is 4.47. The Kier molecular flexibility index (Phi) is 4.42. The summed E-state index contributed by atoms with van der Waals surface area (Å²) in [5.74, 6) is 0. The molecule has 2 rings (SSSR count). The maximum atomic E-state index is 5.61. The topological polar surface area (TPSA) is 57.4 Å². The molecule has 1 fully saturated rings. The van der Waals surface area contributed by atoms with Crippen LogP contribution in [0.4, 0.5) is 0 Å². The molecule has 1 aliphatic rings. The van der Waals surface area contributed by atoms with E-state index in [4.69, 9.17) is 27.4 Å². The van der Waals surface area contributed by atoms with E-state index < -0.39 is 0 Å². The summed E-state index contributed by atoms with van der Waals surface area (Å²) in [7, 11) is 0. The third kappa shape index (κ3) is 3.46. The van der Waals surface area contributed by atoms with E-state index in [1.165, 1.54) is 0 Å². The molecule has 1 aromatic heterocycles. The minimum Gasteiger partial charge on any atom is -0.388 e. The lowest BCUT2D eigenvalue weighted by atomic mass is 10.2. The number of thiocarbonyl (C=S) groups is 1. The van der Waals surface area contributed by atoms with Crippen LogP contribution >= 0.6 is 12.2 Å². The second kappa shape index (κ2) is 6.05. The highest BCUT2D eigenvalue weighted by Gasteiger charge is 2.15. The van der Waals surface area contributed by atoms with Crippen LogP contribution in [0.2, 0.25) is 0 Å². The summed E-state index contributed by atoms with van der Waals surface area (Å²) < 4.78 is 11.1. The Morgan fingerprint density at radius 3 is 3.24 bits per heavy atom. The third-order valence-corrected chi connectivity index (χ3v) is 2.90. The summed E-state index contributed by atoms with van der Waals surface area (Å²) in [5, 5.41) is 0. The fourth-order valence-corrected chi connectivity index (χ4v) is 2.04. The molecule has 1 atom stereocenters. The van der Waals surface area contributed by atoms with Gasteiger partial charge >= 0.3 is 0 Å². The van der Waals surface area contributed by atoms with Crippen LogP contribution < -0.4 is 5.73 Å². The van der Waals surface area contributed by atoms with Crippen LogP contribution in [0.1, 0.15) is 24.1 Å². The van der Waals surface area contributed by atoms with E-state index >= 15 is 0 Å². The van der Waals surface area contributed by atoms with Gasteiger partial charge in [0.2, 0.25) is 0 Å². The van der Waals surface area contributed by atoms with Gasteiger partial charge in [-0.3, -0.25) is 4.98 Å². The number of hydrogen-bond acceptors (Lipinski definition) is 4. The van der Waals surface area contributed by atoms with E-state index in [-0.39, 0.29) is 6.10 Å². The molecule has 0 spiro atoms. The number of ether oxygens (including phenoxy) is 2. The lowest BCUT2D eigenvalue weighted by molar-refractivity contribution is 0.0105. The van der Waals surface area contributed by atoms with Crippen molar-refractivity contribution in [3.8, 4) is 0 Å². The molecular formula is C12H16N2O2S. The quantitative estimate of drug-likeness (QED) is 0.803. The van der Waals surface area contributed by atoms with Gasteiger partial charge in [0.15, 0.2) is 0 Å². The summed E-state index contributed by atoms with van der Waals surface area (Å²) in [4.78, 5) is 4.46. The number of rotatable bonds is 5. The van der Waals surface area contributed by atoms with Crippen LogP contribution in [0.15, 0.2) is 18.3 Å². The first-order valence-electron chi connectivity index (χ1n) is 5.70. The molecule has 1 saturated heterocycles. The van der Waals surface area contributed by atoms with Gasteiger partial charge in [0.05, 0.1) is 19.3 Å². The van der Waals surface area contributed by atoms with E-state index in [0.29, 0.717) is 23.9 Å². The first-order valence-corrected chi connectivity index (χ1v) is 6.11. The predicted molar refractivity (Wildman–Crippen MR) is 68.8 cm³/mol. The van der Waals surface area contributed by atoms with Crippen molar-refractivity contribution in [2.24, 2.45) is 5.73 Å². The molecule has 1 aliphatic heterocycles. The molecule has 0 amide bonds. The SMILES string of the molecule is NC(=S)c1ncccc1COCC1CCCO1. The lowest BCUT2D eigenvalue weighted by Crippen LogP contribution is -2.17. The fourth-order valence-electron chi connectivity index (χ4n) is 1.85. The standard InChI is InChI=1S/C12H16N2O2S/c13-12(17)11-9(3-1-5-14-11)7-15-8-10-4-2-6-16-10/h1,3,5,10H,2,4,6-8H2,(H2,13,17). The van der Waals surface area contributed by atoms with Gasteiger partial charge in [-0.1, -0.05) is 18.3 Å². The Labute approximate surface area is 106 Å². The van der Waals surface area contributed by atoms with Gasteiger partial charge < -0.3 is 15.2 Å². The van der Waals surface area contributed by atoms with Crippen molar-refractivity contribution >= 4 is 17.2 Å². The van der Waals surface area contributed by atoms with Gasteiger partial charge in [-0.15, -0.1) is 0 Å². The third-order valence-electron chi connectivity index (χ3n) is 2.71. The molecule has 5 heteroatoms. The van der Waals surface area contributed by atoms with Gasteiger partial charge in [-0.2, -0.15) is 0 Å². The Hall–Kier alpha value is -1.04. The molecule has 92 valence electrons. The van der Waals surface area contributed by atoms with Gasteiger partial charge in [0, 0.05) is 18.4 Å². The maximum Gasteiger partial charge on any atom is 0.123 e. The van der Waals surface area contributed by atoms with Crippen molar-refractivity contribution in [2.45, 2.75) is 25.6 Å². The Bertz CT molecular complexity index is 392. The molecule has 17 heavy (non-hydrogen) atoms. The number of nitrogens with zero attached hydrogens (tertiary/aromatic N) is 1. The summed E-state index contributed by atoms with van der Waals surface area (Å²) in [6, 6.07) is 3.78. The summed E-state index contributed by atoms with van der Waals surface area (Å²) in [6.07, 6.45) is 4.12. The number of pyridine rings is 1. The first kappa shape index (κ1) is 12.4. The van der Waals surface area contributed by atoms with Gasteiger partial charge in [0.25, 0.3) is 0 Å². The molecule has 4 nitrogen and oxygen atoms in total. The molecule has 0 bridgehead atoms. The zero-order chi connectivity index (χ0) is 12.1. The zero-order valence-electron chi connectivity index (χ0n) is 9.59. The van der Waals surface area contributed by atoms with Crippen molar-refractivity contribution in [3.63, 3.8) is 0 Å². The zero-order valence-corrected chi connectivity index (χ0v) is 10.4. The summed E-state index contributed by atoms with van der Waals surface area (Å²) in [6.45, 7) is 1.94. The van der Waals surface area contributed by atoms with E-state index in [2.05, 4.69) is 4.98 Å². The van der Waals surface area contributed by atoms with Crippen LogP contribution in [-0.4, -0.2) is 29.3 Å². The average Bonchev–Trinajstić information content (AvgIpc) is 2.82. The highest BCUT2D eigenvalue weighted by Crippen LogP contribution is 2.13. The normalized spacial score (nSPS) is 19.4. The molecule has 0 radical (unpaired) electrons. The van der Waals surface area contributed by atoms with Crippen LogP contribution in [0.5, 0.6) is 0 Å². The molecule has 1 unspecified atom stereocenters. The minimum atomic E-state index is 0.236. The minimum absolute atomic E-state index is 0.236. The van der Waals surface area contributed by atoms with Crippen molar-refractivity contribution in [2.75, 3.05) is 13.2 Å². The Balaban J connectivity index is 1.87. The van der Waals surface area contributed by atoms with E-state index in [9.17, 15) is 0 Å². The highest BCUT2D eigenvalue weighted by atomic mass is 32.1. The smallest absolute Gasteiger partial charge is 0.123 e. The first-order chi connectivity index (χ1) is 8.27. The average molecular weight is 252 g/mol. The number of aromatic nitrogens is 1. The Morgan fingerprint density at radius 2 is 2.53 bits per heavy atom. The molecule has 0 aliphatic carbocycles. The Morgan fingerprint density at radius 1 is 1.65 bits per heavy atom. The molecule has 2 heterocycles. The molecule has 1 aromatic rings. The van der Waals surface area contributed by atoms with Crippen LogP contribution in [-0.2, 0) is 16.1 Å². The second-order valence-electron chi connectivity index (χ2n) is 4.03. The number of hydrogen-bond donors (Lipinski definition) is 1. The maximum absolute atomic E-state index is 5.61. The van der Waals surface area contributed by atoms with E-state index in [0.717, 1.165) is 25.0 Å². The lowest BCUT2D eigenvalue weighted by Gasteiger charge is -2.11. The van der Waals surface area contributed by atoms with Crippen LogP contribution in [0, 0.1) is 0 Å². The van der Waals surface area contributed by atoms with Gasteiger partial charge in [-0.25, -0.2) is 0 Å². The van der Waals surface area contributed by atoms with Gasteiger partial charge in [-0.05, 0) is 18.9 Å². The monoisotopic (exact) mass is 252 g/mol. The van der Waals surface area contributed by atoms with Crippen molar-refractivity contribution < 1.29 is 9.47 Å². The highest BCUT2D eigenvalue weighted by molar-refractivity contribution is 7.80. The predicted octanol–water partition coefficient (Wildman–Crippen LogP) is 1.41. The van der Waals surface area contributed by atoms with Crippen molar-refractivity contribution in [3.05, 3.63) is 29.6 Å². The fraction of sp³-hybridized carbons (Fsp3) is 0.500. The van der Waals surface area contributed by atoms with Crippen molar-refractivity contribution in [1.29, 1.82) is 0 Å². The molecule has 2 N–H and O–H groups in total. The molecular weight excluding hydrogens is 236 g/mol. The van der Waals surface area contributed by atoms with E-state index in [1.807, 2.05) is 12.1 Å². The van der Waals surface area contributed by atoms with Gasteiger partial charge in [0.1, 0.15) is 10.7 Å². The summed E-state index contributed by atoms with van der Waals surface area (Å²) >= 11 is 4.94. The largest absolute Gasteiger partial charge is 0.388 e.